The second-order valence-electron chi connectivity index (χ2n) is 6.80. The molecule has 0 saturated heterocycles. The summed E-state index contributed by atoms with van der Waals surface area (Å²) in [6.07, 6.45) is 10.8. The van der Waals surface area contributed by atoms with Crippen molar-refractivity contribution in [2.45, 2.75) is 83.3 Å². The van der Waals surface area contributed by atoms with Gasteiger partial charge in [-0.3, -0.25) is 0 Å². The zero-order valence-corrected chi connectivity index (χ0v) is 12.3. The van der Waals surface area contributed by atoms with Gasteiger partial charge >= 0.3 is 0 Å². The molecule has 0 amide bonds. The van der Waals surface area contributed by atoms with Gasteiger partial charge in [-0.05, 0) is 63.3 Å². The summed E-state index contributed by atoms with van der Waals surface area (Å²) < 4.78 is 0. The second-order valence-corrected chi connectivity index (χ2v) is 6.80. The van der Waals surface area contributed by atoms with Gasteiger partial charge in [0.2, 0.25) is 0 Å². The summed E-state index contributed by atoms with van der Waals surface area (Å²) in [4.78, 5) is 0. The molecule has 2 aliphatic rings. The van der Waals surface area contributed by atoms with E-state index in [1.165, 1.54) is 44.9 Å². The molecule has 2 aliphatic carbocycles. The number of hydrogen-bond acceptors (Lipinski definition) is 2. The van der Waals surface area contributed by atoms with Crippen LogP contribution < -0.4 is 5.32 Å². The van der Waals surface area contributed by atoms with Crippen LogP contribution in [-0.4, -0.2) is 23.3 Å². The van der Waals surface area contributed by atoms with Gasteiger partial charge in [0, 0.05) is 6.04 Å². The van der Waals surface area contributed by atoms with Crippen molar-refractivity contribution in [2.24, 2.45) is 11.8 Å². The van der Waals surface area contributed by atoms with Gasteiger partial charge < -0.3 is 10.4 Å². The molecule has 0 aliphatic heterocycles. The van der Waals surface area contributed by atoms with E-state index in [4.69, 9.17) is 0 Å². The maximum Gasteiger partial charge on any atom is 0.0677 e. The number of rotatable bonds is 4. The van der Waals surface area contributed by atoms with E-state index in [1.807, 2.05) is 0 Å². The highest BCUT2D eigenvalue weighted by atomic mass is 16.3. The highest BCUT2D eigenvalue weighted by Gasteiger charge is 2.41. The number of hydrogen-bond donors (Lipinski definition) is 2. The van der Waals surface area contributed by atoms with Crippen molar-refractivity contribution in [3.8, 4) is 0 Å². The molecule has 18 heavy (non-hydrogen) atoms. The fourth-order valence-corrected chi connectivity index (χ4v) is 4.00. The fraction of sp³-hybridized carbons (Fsp3) is 1.00. The average Bonchev–Trinajstić information content (AvgIpc) is 2.38. The zero-order valence-electron chi connectivity index (χ0n) is 12.3. The molecule has 0 spiro atoms. The molecule has 0 bridgehead atoms. The van der Waals surface area contributed by atoms with Crippen LogP contribution in [-0.2, 0) is 0 Å². The van der Waals surface area contributed by atoms with Gasteiger partial charge in [0.05, 0.1) is 5.60 Å². The molecule has 0 radical (unpaired) electrons. The first-order valence-corrected chi connectivity index (χ1v) is 8.10. The Morgan fingerprint density at radius 3 is 2.50 bits per heavy atom. The Kier molecular flexibility index (Phi) is 5.08. The van der Waals surface area contributed by atoms with Crippen LogP contribution >= 0.6 is 0 Å². The predicted molar refractivity (Wildman–Crippen MR) is 76.6 cm³/mol. The fourth-order valence-electron chi connectivity index (χ4n) is 4.00. The van der Waals surface area contributed by atoms with E-state index in [0.29, 0.717) is 12.0 Å². The Bertz CT molecular complexity index is 245. The molecule has 2 N–H and O–H groups in total. The van der Waals surface area contributed by atoms with Crippen LogP contribution in [0.3, 0.4) is 0 Å². The smallest absolute Gasteiger partial charge is 0.0677 e. The Labute approximate surface area is 113 Å². The zero-order chi connectivity index (χ0) is 13.0. The Morgan fingerprint density at radius 1 is 1.17 bits per heavy atom. The second kappa shape index (κ2) is 6.38. The average molecular weight is 253 g/mol. The third kappa shape index (κ3) is 3.48. The van der Waals surface area contributed by atoms with Gasteiger partial charge in [-0.15, -0.1) is 0 Å². The van der Waals surface area contributed by atoms with Crippen molar-refractivity contribution >= 4 is 0 Å². The summed E-state index contributed by atoms with van der Waals surface area (Å²) in [5, 5.41) is 14.5. The molecule has 0 aromatic heterocycles. The first kappa shape index (κ1) is 14.3. The van der Waals surface area contributed by atoms with Crippen molar-refractivity contribution in [1.29, 1.82) is 0 Å². The van der Waals surface area contributed by atoms with Gasteiger partial charge in [0.25, 0.3) is 0 Å². The standard InChI is InChI=1S/C16H31NO/c1-3-11-17-15-7-9-16(18,10-8-15)14-6-4-5-13(2)12-14/h13-15,17-18H,3-12H2,1-2H3. The van der Waals surface area contributed by atoms with E-state index in [2.05, 4.69) is 19.2 Å². The molecule has 0 heterocycles. The molecular weight excluding hydrogens is 222 g/mol. The first-order chi connectivity index (χ1) is 8.64. The normalized spacial score (nSPS) is 41.8. The van der Waals surface area contributed by atoms with Crippen molar-refractivity contribution in [1.82, 2.24) is 5.32 Å². The van der Waals surface area contributed by atoms with Crippen LogP contribution in [0.15, 0.2) is 0 Å². The van der Waals surface area contributed by atoms with E-state index < -0.39 is 0 Å². The summed E-state index contributed by atoms with van der Waals surface area (Å²) in [6.45, 7) is 5.70. The summed E-state index contributed by atoms with van der Waals surface area (Å²) in [5.74, 6) is 1.40. The molecular formula is C16H31NO. The minimum absolute atomic E-state index is 0.334. The summed E-state index contributed by atoms with van der Waals surface area (Å²) in [7, 11) is 0. The number of nitrogens with one attached hydrogen (secondary N) is 1. The van der Waals surface area contributed by atoms with Crippen molar-refractivity contribution in [3.63, 3.8) is 0 Å². The highest BCUT2D eigenvalue weighted by molar-refractivity contribution is 4.94. The minimum Gasteiger partial charge on any atom is -0.390 e. The lowest BCUT2D eigenvalue weighted by atomic mass is 9.67. The van der Waals surface area contributed by atoms with E-state index in [-0.39, 0.29) is 5.60 Å². The molecule has 106 valence electrons. The van der Waals surface area contributed by atoms with Gasteiger partial charge in [0.15, 0.2) is 0 Å². The van der Waals surface area contributed by atoms with Crippen LogP contribution in [0.25, 0.3) is 0 Å². The predicted octanol–water partition coefficient (Wildman–Crippen LogP) is 3.49. The largest absolute Gasteiger partial charge is 0.390 e. The van der Waals surface area contributed by atoms with Crippen LogP contribution in [0.1, 0.15) is 71.6 Å². The van der Waals surface area contributed by atoms with Crippen LogP contribution in [0.2, 0.25) is 0 Å². The molecule has 0 aromatic carbocycles. The molecule has 2 atom stereocenters. The molecule has 2 unspecified atom stereocenters. The number of aliphatic hydroxyl groups is 1. The van der Waals surface area contributed by atoms with Gasteiger partial charge in [-0.2, -0.15) is 0 Å². The van der Waals surface area contributed by atoms with Crippen molar-refractivity contribution < 1.29 is 5.11 Å². The Balaban J connectivity index is 1.82. The van der Waals surface area contributed by atoms with E-state index in [1.54, 1.807) is 0 Å². The molecule has 2 fully saturated rings. The van der Waals surface area contributed by atoms with E-state index >= 15 is 0 Å². The maximum atomic E-state index is 10.9. The highest BCUT2D eigenvalue weighted by Crippen LogP contribution is 2.43. The monoisotopic (exact) mass is 253 g/mol. The van der Waals surface area contributed by atoms with E-state index in [9.17, 15) is 5.11 Å². The third-order valence-electron chi connectivity index (χ3n) is 5.23. The SMILES string of the molecule is CCCNC1CCC(O)(C2CCCC(C)C2)CC1. The minimum atomic E-state index is -0.334. The summed E-state index contributed by atoms with van der Waals surface area (Å²) in [6, 6.07) is 0.659. The van der Waals surface area contributed by atoms with Crippen LogP contribution in [0, 0.1) is 11.8 Å². The Morgan fingerprint density at radius 2 is 1.89 bits per heavy atom. The molecule has 2 heteroatoms. The first-order valence-electron chi connectivity index (χ1n) is 8.10. The third-order valence-corrected chi connectivity index (χ3v) is 5.23. The van der Waals surface area contributed by atoms with E-state index in [0.717, 1.165) is 25.3 Å². The van der Waals surface area contributed by atoms with Gasteiger partial charge in [-0.25, -0.2) is 0 Å². The van der Waals surface area contributed by atoms with Crippen molar-refractivity contribution in [2.75, 3.05) is 6.54 Å². The topological polar surface area (TPSA) is 32.3 Å². The summed E-state index contributed by atoms with van der Waals surface area (Å²) in [5.41, 5.74) is -0.334. The summed E-state index contributed by atoms with van der Waals surface area (Å²) >= 11 is 0. The lowest BCUT2D eigenvalue weighted by Gasteiger charge is -2.44. The lowest BCUT2D eigenvalue weighted by Crippen LogP contribution is -2.47. The van der Waals surface area contributed by atoms with Crippen LogP contribution in [0.4, 0.5) is 0 Å². The maximum absolute atomic E-state index is 10.9. The molecule has 0 aromatic rings. The molecule has 2 saturated carbocycles. The molecule has 2 rings (SSSR count). The Hall–Kier alpha value is -0.0800. The molecule has 2 nitrogen and oxygen atoms in total. The van der Waals surface area contributed by atoms with Gasteiger partial charge in [-0.1, -0.05) is 26.7 Å². The lowest BCUT2D eigenvalue weighted by molar-refractivity contribution is -0.0717. The van der Waals surface area contributed by atoms with Crippen LogP contribution in [0.5, 0.6) is 0 Å². The van der Waals surface area contributed by atoms with Gasteiger partial charge in [0.1, 0.15) is 0 Å². The quantitative estimate of drug-likeness (QED) is 0.804. The van der Waals surface area contributed by atoms with Crippen molar-refractivity contribution in [3.05, 3.63) is 0 Å².